The summed E-state index contributed by atoms with van der Waals surface area (Å²) < 4.78 is 5.46. The number of rotatable bonds is 5. The van der Waals surface area contributed by atoms with Gasteiger partial charge in [-0.15, -0.1) is 0 Å². The monoisotopic (exact) mass is 246 g/mol. The molecule has 0 heterocycles. The van der Waals surface area contributed by atoms with E-state index in [0.717, 1.165) is 6.42 Å². The summed E-state index contributed by atoms with van der Waals surface area (Å²) in [7, 11) is -1.88. The van der Waals surface area contributed by atoms with Crippen LogP contribution < -0.4 is 0 Å². The van der Waals surface area contributed by atoms with Gasteiger partial charge in [0.15, 0.2) is 0 Å². The summed E-state index contributed by atoms with van der Waals surface area (Å²) in [5.41, 5.74) is -0.824. The quantitative estimate of drug-likeness (QED) is 0.759. The van der Waals surface area contributed by atoms with Crippen LogP contribution in [-0.4, -0.2) is 25.5 Å². The van der Waals surface area contributed by atoms with Crippen LogP contribution in [0.5, 0.6) is 0 Å². The summed E-state index contributed by atoms with van der Waals surface area (Å²) in [5, 5.41) is 10.1. The van der Waals surface area contributed by atoms with Gasteiger partial charge in [-0.2, -0.15) is 0 Å². The molecule has 0 saturated carbocycles. The molecule has 1 N–H and O–H groups in total. The first-order valence-corrected chi connectivity index (χ1v) is 9.34. The van der Waals surface area contributed by atoms with E-state index in [1.165, 1.54) is 0 Å². The van der Waals surface area contributed by atoms with Crippen molar-refractivity contribution >= 4 is 14.3 Å². The molecule has 0 aliphatic heterocycles. The molecule has 3 nitrogen and oxygen atoms in total. The van der Waals surface area contributed by atoms with Crippen LogP contribution in [0, 0.1) is 11.3 Å². The highest BCUT2D eigenvalue weighted by molar-refractivity contribution is 6.71. The Morgan fingerprint density at radius 2 is 1.81 bits per heavy atom. The third kappa shape index (κ3) is 4.26. The Morgan fingerprint density at radius 1 is 1.38 bits per heavy atom. The predicted octanol–water partition coefficient (Wildman–Crippen LogP) is 2.80. The van der Waals surface area contributed by atoms with Crippen LogP contribution in [0.25, 0.3) is 0 Å². The Balaban J connectivity index is 4.71. The van der Waals surface area contributed by atoms with Crippen molar-refractivity contribution in [2.75, 3.05) is 0 Å². The Labute approximate surface area is 100 Å². The minimum atomic E-state index is -1.88. The van der Waals surface area contributed by atoms with Gasteiger partial charge < -0.3 is 9.53 Å². The van der Waals surface area contributed by atoms with Gasteiger partial charge in [0, 0.05) is 0 Å². The SMILES string of the molecule is CCC(C)C(O)C(C)(C)C(=O)O[Si](C)(C)C. The van der Waals surface area contributed by atoms with Gasteiger partial charge in [0.25, 0.3) is 0 Å². The Bertz CT molecular complexity index is 243. The zero-order chi connectivity index (χ0) is 13.1. The number of hydrogen-bond acceptors (Lipinski definition) is 3. The molecule has 0 aromatic carbocycles. The first kappa shape index (κ1) is 15.6. The van der Waals surface area contributed by atoms with E-state index in [1.807, 2.05) is 33.5 Å². The second kappa shape index (κ2) is 5.32. The molecule has 0 radical (unpaired) electrons. The van der Waals surface area contributed by atoms with Gasteiger partial charge in [-0.05, 0) is 39.4 Å². The van der Waals surface area contributed by atoms with Crippen LogP contribution in [0.4, 0.5) is 0 Å². The second-order valence-electron chi connectivity index (χ2n) is 6.05. The fraction of sp³-hybridized carbons (Fsp3) is 0.917. The van der Waals surface area contributed by atoms with E-state index in [0.29, 0.717) is 0 Å². The molecule has 96 valence electrons. The van der Waals surface area contributed by atoms with Crippen LogP contribution in [0.2, 0.25) is 19.6 Å². The van der Waals surface area contributed by atoms with Crippen molar-refractivity contribution in [1.82, 2.24) is 0 Å². The second-order valence-corrected chi connectivity index (χ2v) is 10.5. The van der Waals surface area contributed by atoms with E-state index in [2.05, 4.69) is 0 Å². The maximum Gasteiger partial charge on any atom is 0.300 e. The van der Waals surface area contributed by atoms with Crippen molar-refractivity contribution in [3.05, 3.63) is 0 Å². The van der Waals surface area contributed by atoms with Gasteiger partial charge in [0.1, 0.15) is 0 Å². The van der Waals surface area contributed by atoms with Crippen LogP contribution in [0.15, 0.2) is 0 Å². The summed E-state index contributed by atoms with van der Waals surface area (Å²) in [6.07, 6.45) is 0.200. The summed E-state index contributed by atoms with van der Waals surface area (Å²) in [4.78, 5) is 12.0. The number of carbonyl (C=O) groups excluding carboxylic acids is 1. The van der Waals surface area contributed by atoms with E-state index in [-0.39, 0.29) is 11.9 Å². The van der Waals surface area contributed by atoms with Crippen molar-refractivity contribution in [3.8, 4) is 0 Å². The number of aliphatic hydroxyl groups is 1. The highest BCUT2D eigenvalue weighted by Crippen LogP contribution is 2.30. The summed E-state index contributed by atoms with van der Waals surface area (Å²) >= 11 is 0. The Kier molecular flexibility index (Phi) is 5.20. The molecule has 0 aromatic rings. The van der Waals surface area contributed by atoms with Crippen molar-refractivity contribution in [1.29, 1.82) is 0 Å². The molecule has 2 atom stereocenters. The highest BCUT2D eigenvalue weighted by Gasteiger charge is 2.41. The molecular weight excluding hydrogens is 220 g/mol. The Hall–Kier alpha value is -0.353. The summed E-state index contributed by atoms with van der Waals surface area (Å²) in [6.45, 7) is 13.4. The van der Waals surface area contributed by atoms with Crippen molar-refractivity contribution in [3.63, 3.8) is 0 Å². The molecule has 0 aliphatic carbocycles. The maximum absolute atomic E-state index is 12.0. The van der Waals surface area contributed by atoms with Gasteiger partial charge >= 0.3 is 5.97 Å². The van der Waals surface area contributed by atoms with Crippen molar-refractivity contribution in [2.45, 2.75) is 59.9 Å². The third-order valence-corrected chi connectivity index (χ3v) is 3.65. The van der Waals surface area contributed by atoms with E-state index < -0.39 is 19.8 Å². The minimum Gasteiger partial charge on any atom is -0.519 e. The zero-order valence-electron chi connectivity index (χ0n) is 11.6. The largest absolute Gasteiger partial charge is 0.519 e. The molecular formula is C12H26O3Si. The number of hydrogen-bond donors (Lipinski definition) is 1. The molecule has 0 saturated heterocycles. The first-order valence-electron chi connectivity index (χ1n) is 5.94. The standard InChI is InChI=1S/C12H26O3Si/c1-8-9(2)10(13)12(3,4)11(14)15-16(5,6)7/h9-10,13H,8H2,1-7H3. The van der Waals surface area contributed by atoms with E-state index >= 15 is 0 Å². The molecule has 0 bridgehead atoms. The van der Waals surface area contributed by atoms with E-state index in [1.54, 1.807) is 13.8 Å². The molecule has 0 fully saturated rings. The topological polar surface area (TPSA) is 46.5 Å². The van der Waals surface area contributed by atoms with Gasteiger partial charge in [-0.25, -0.2) is 0 Å². The smallest absolute Gasteiger partial charge is 0.300 e. The fourth-order valence-electron chi connectivity index (χ4n) is 1.46. The highest BCUT2D eigenvalue weighted by atomic mass is 28.4. The van der Waals surface area contributed by atoms with Crippen molar-refractivity contribution in [2.24, 2.45) is 11.3 Å². The normalized spacial score (nSPS) is 16.8. The fourth-order valence-corrected chi connectivity index (χ4v) is 2.28. The maximum atomic E-state index is 12.0. The molecule has 4 heteroatoms. The molecule has 0 rings (SSSR count). The van der Waals surface area contributed by atoms with Crippen molar-refractivity contribution < 1.29 is 14.3 Å². The molecule has 16 heavy (non-hydrogen) atoms. The van der Waals surface area contributed by atoms with Crippen LogP contribution in [0.1, 0.15) is 34.1 Å². The molecule has 2 unspecified atom stereocenters. The van der Waals surface area contributed by atoms with Crippen LogP contribution in [-0.2, 0) is 9.22 Å². The molecule has 0 aliphatic rings. The van der Waals surface area contributed by atoms with Crippen LogP contribution >= 0.6 is 0 Å². The summed E-state index contributed by atoms with van der Waals surface area (Å²) in [5.74, 6) is -0.177. The molecule has 0 aromatic heterocycles. The third-order valence-electron chi connectivity index (χ3n) is 2.85. The average molecular weight is 246 g/mol. The van der Waals surface area contributed by atoms with Gasteiger partial charge in [0.2, 0.25) is 8.32 Å². The minimum absolute atomic E-state index is 0.101. The number of carbonyl (C=O) groups is 1. The van der Waals surface area contributed by atoms with Gasteiger partial charge in [0.05, 0.1) is 11.5 Å². The Morgan fingerprint density at radius 3 is 2.12 bits per heavy atom. The lowest BCUT2D eigenvalue weighted by molar-refractivity contribution is -0.153. The molecule has 0 amide bonds. The lowest BCUT2D eigenvalue weighted by atomic mass is 9.79. The lowest BCUT2D eigenvalue weighted by Crippen LogP contribution is -2.45. The van der Waals surface area contributed by atoms with Gasteiger partial charge in [-0.1, -0.05) is 20.3 Å². The average Bonchev–Trinajstić information content (AvgIpc) is 2.12. The van der Waals surface area contributed by atoms with E-state index in [9.17, 15) is 9.90 Å². The first-order chi connectivity index (χ1) is 7.02. The van der Waals surface area contributed by atoms with Crippen LogP contribution in [0.3, 0.4) is 0 Å². The zero-order valence-corrected chi connectivity index (χ0v) is 12.6. The molecule has 0 spiro atoms. The predicted molar refractivity (Wildman–Crippen MR) is 68.7 cm³/mol. The summed E-state index contributed by atoms with van der Waals surface area (Å²) in [6, 6.07) is 0. The number of aliphatic hydroxyl groups excluding tert-OH is 1. The lowest BCUT2D eigenvalue weighted by Gasteiger charge is -2.34. The van der Waals surface area contributed by atoms with Gasteiger partial charge in [-0.3, -0.25) is 4.79 Å². The van der Waals surface area contributed by atoms with E-state index in [4.69, 9.17) is 4.43 Å².